The number of alkyl halides is 2. The van der Waals surface area contributed by atoms with E-state index in [2.05, 4.69) is 15.2 Å². The van der Waals surface area contributed by atoms with E-state index in [9.17, 15) is 13.6 Å². The van der Waals surface area contributed by atoms with Gasteiger partial charge in [0, 0.05) is 36.3 Å². The third-order valence-corrected chi connectivity index (χ3v) is 7.60. The van der Waals surface area contributed by atoms with E-state index in [0.29, 0.717) is 35.5 Å². The number of ether oxygens (including phenoxy) is 4. The standard InChI is InChI=1S/C28H32F2N4O5/c1-36-23-9-18(10-24(39-28(29)30)26(23)27(35)32-19-4-5-19)22-12-31-25-11-21(6-8-34(22)25)38-14-17-3-2-7-33(13-17)20-15-37-16-20/h6,8-12,17,19-20,28H,2-5,7,13-16H2,1H3,(H,32,35)/t17-/m1/s1. The average molecular weight is 543 g/mol. The van der Waals surface area contributed by atoms with Gasteiger partial charge in [-0.1, -0.05) is 0 Å². The number of hydrogen-bond donors (Lipinski definition) is 1. The zero-order valence-electron chi connectivity index (χ0n) is 21.8. The Bertz CT molecular complexity index is 1340. The normalized spacial score (nSPS) is 20.2. The zero-order valence-corrected chi connectivity index (χ0v) is 21.8. The van der Waals surface area contributed by atoms with Gasteiger partial charge in [0.25, 0.3) is 5.91 Å². The van der Waals surface area contributed by atoms with Crippen LogP contribution >= 0.6 is 0 Å². The van der Waals surface area contributed by atoms with Crippen molar-refractivity contribution in [3.05, 3.63) is 42.2 Å². The van der Waals surface area contributed by atoms with Crippen molar-refractivity contribution in [1.82, 2.24) is 19.6 Å². The first-order chi connectivity index (χ1) is 19.0. The fraction of sp³-hybridized carbons (Fsp3) is 0.500. The van der Waals surface area contributed by atoms with Gasteiger partial charge in [0.1, 0.15) is 28.5 Å². The second kappa shape index (κ2) is 11.0. The molecule has 39 heavy (non-hydrogen) atoms. The van der Waals surface area contributed by atoms with Gasteiger partial charge < -0.3 is 24.3 Å². The smallest absolute Gasteiger partial charge is 0.387 e. The lowest BCUT2D eigenvalue weighted by molar-refractivity contribution is -0.0783. The number of pyridine rings is 1. The first kappa shape index (κ1) is 25.8. The molecule has 208 valence electrons. The summed E-state index contributed by atoms with van der Waals surface area (Å²) in [4.78, 5) is 19.8. The highest BCUT2D eigenvalue weighted by Crippen LogP contribution is 2.37. The van der Waals surface area contributed by atoms with Gasteiger partial charge in [-0.15, -0.1) is 0 Å². The molecule has 3 aliphatic rings. The summed E-state index contributed by atoms with van der Waals surface area (Å²) in [6, 6.07) is 7.37. The van der Waals surface area contributed by atoms with Crippen molar-refractivity contribution in [2.75, 3.05) is 40.0 Å². The second-order valence-electron chi connectivity index (χ2n) is 10.4. The summed E-state index contributed by atoms with van der Waals surface area (Å²) in [6.07, 6.45) is 7.50. The van der Waals surface area contributed by atoms with Crippen LogP contribution in [0.25, 0.3) is 16.9 Å². The lowest BCUT2D eigenvalue weighted by Gasteiger charge is -2.41. The highest BCUT2D eigenvalue weighted by molar-refractivity contribution is 6.01. The van der Waals surface area contributed by atoms with Crippen LogP contribution in [-0.4, -0.2) is 78.9 Å². The first-order valence-corrected chi connectivity index (χ1v) is 13.4. The Morgan fingerprint density at radius 1 is 1.21 bits per heavy atom. The van der Waals surface area contributed by atoms with Crippen molar-refractivity contribution in [2.24, 2.45) is 5.92 Å². The fourth-order valence-corrected chi connectivity index (χ4v) is 5.28. The van der Waals surface area contributed by atoms with Crippen molar-refractivity contribution in [2.45, 2.75) is 44.4 Å². The zero-order chi connectivity index (χ0) is 26.9. The summed E-state index contributed by atoms with van der Waals surface area (Å²) in [5.41, 5.74) is 1.75. The van der Waals surface area contributed by atoms with Crippen LogP contribution < -0.4 is 19.5 Å². The van der Waals surface area contributed by atoms with Crippen molar-refractivity contribution in [3.63, 3.8) is 0 Å². The number of rotatable bonds is 10. The molecule has 1 aromatic carbocycles. The molecule has 2 aromatic heterocycles. The summed E-state index contributed by atoms with van der Waals surface area (Å²) in [7, 11) is 1.39. The van der Waals surface area contributed by atoms with Crippen LogP contribution in [-0.2, 0) is 4.74 Å². The minimum atomic E-state index is -3.10. The van der Waals surface area contributed by atoms with Crippen LogP contribution in [0.3, 0.4) is 0 Å². The third-order valence-electron chi connectivity index (χ3n) is 7.60. The van der Waals surface area contributed by atoms with Crippen molar-refractivity contribution in [1.29, 1.82) is 0 Å². The average Bonchev–Trinajstić information content (AvgIpc) is 3.60. The van der Waals surface area contributed by atoms with E-state index in [0.717, 1.165) is 57.7 Å². The second-order valence-corrected chi connectivity index (χ2v) is 10.4. The van der Waals surface area contributed by atoms with Gasteiger partial charge in [-0.25, -0.2) is 4.98 Å². The molecule has 1 N–H and O–H groups in total. The monoisotopic (exact) mass is 542 g/mol. The summed E-state index contributed by atoms with van der Waals surface area (Å²) >= 11 is 0. The van der Waals surface area contributed by atoms with Gasteiger partial charge in [-0.05, 0) is 50.4 Å². The van der Waals surface area contributed by atoms with Crippen molar-refractivity contribution in [3.8, 4) is 28.5 Å². The maximum atomic E-state index is 13.3. The number of imidazole rings is 1. The van der Waals surface area contributed by atoms with E-state index in [-0.39, 0.29) is 23.1 Å². The number of carbonyl (C=O) groups excluding carboxylic acids is 1. The number of amides is 1. The molecule has 0 bridgehead atoms. The Balaban J connectivity index is 1.22. The molecule has 0 radical (unpaired) electrons. The summed E-state index contributed by atoms with van der Waals surface area (Å²) < 4.78 is 50.1. The molecule has 6 rings (SSSR count). The van der Waals surface area contributed by atoms with Gasteiger partial charge in [-0.3, -0.25) is 14.1 Å². The SMILES string of the molecule is COc1cc(-c2cnc3cc(OC[C@@H]4CCCN(C5COC5)C4)ccn23)cc(OC(F)F)c1C(=O)NC1CC1. The van der Waals surface area contributed by atoms with E-state index in [1.165, 1.54) is 13.2 Å². The number of fused-ring (bicyclic) bond motifs is 1. The van der Waals surface area contributed by atoms with Crippen LogP contribution in [0.1, 0.15) is 36.0 Å². The predicted octanol–water partition coefficient (Wildman–Crippen LogP) is 3.99. The lowest BCUT2D eigenvalue weighted by Crippen LogP contribution is -2.53. The quantitative estimate of drug-likeness (QED) is 0.415. The molecule has 2 aliphatic heterocycles. The molecule has 4 heterocycles. The molecule has 1 atom stereocenters. The van der Waals surface area contributed by atoms with Crippen molar-refractivity contribution >= 4 is 11.6 Å². The molecule has 1 saturated carbocycles. The highest BCUT2D eigenvalue weighted by atomic mass is 19.3. The Morgan fingerprint density at radius 2 is 2.03 bits per heavy atom. The number of methoxy groups -OCH3 is 1. The van der Waals surface area contributed by atoms with E-state index >= 15 is 0 Å². The number of halogens is 2. The predicted molar refractivity (Wildman–Crippen MR) is 139 cm³/mol. The van der Waals surface area contributed by atoms with Gasteiger partial charge in [-0.2, -0.15) is 8.78 Å². The van der Waals surface area contributed by atoms with Crippen LogP contribution in [0.4, 0.5) is 8.78 Å². The van der Waals surface area contributed by atoms with Gasteiger partial charge in [0.05, 0.1) is 44.9 Å². The summed E-state index contributed by atoms with van der Waals surface area (Å²) in [6.45, 7) is 1.31. The molecule has 1 aliphatic carbocycles. The highest BCUT2D eigenvalue weighted by Gasteiger charge is 2.31. The van der Waals surface area contributed by atoms with Gasteiger partial charge >= 0.3 is 6.61 Å². The number of nitrogens with one attached hydrogen (secondary N) is 1. The molecule has 3 aromatic rings. The number of benzene rings is 1. The molecule has 0 spiro atoms. The molecule has 3 fully saturated rings. The molecular weight excluding hydrogens is 510 g/mol. The Kier molecular flexibility index (Phi) is 7.26. The lowest BCUT2D eigenvalue weighted by atomic mass is 9.97. The number of nitrogens with zero attached hydrogens (tertiary/aromatic N) is 3. The maximum Gasteiger partial charge on any atom is 0.387 e. The maximum absolute atomic E-state index is 13.3. The number of carbonyl (C=O) groups is 1. The number of likely N-dealkylation sites (tertiary alicyclic amines) is 1. The topological polar surface area (TPSA) is 86.6 Å². The first-order valence-electron chi connectivity index (χ1n) is 13.4. The Hall–Kier alpha value is -3.44. The summed E-state index contributed by atoms with van der Waals surface area (Å²) in [5, 5.41) is 2.81. The fourth-order valence-electron chi connectivity index (χ4n) is 5.28. The van der Waals surface area contributed by atoms with Gasteiger partial charge in [0.15, 0.2) is 0 Å². The Labute approximate surface area is 225 Å². The minimum Gasteiger partial charge on any atom is -0.496 e. The number of piperidine rings is 1. The number of aromatic nitrogens is 2. The molecule has 1 amide bonds. The molecular formula is C28H32F2N4O5. The van der Waals surface area contributed by atoms with Gasteiger partial charge in [0.2, 0.25) is 0 Å². The third kappa shape index (κ3) is 5.65. The van der Waals surface area contributed by atoms with E-state index in [4.69, 9.17) is 18.9 Å². The van der Waals surface area contributed by atoms with E-state index < -0.39 is 12.5 Å². The van der Waals surface area contributed by atoms with Crippen LogP contribution in [0.5, 0.6) is 17.2 Å². The van der Waals surface area contributed by atoms with Crippen molar-refractivity contribution < 1.29 is 32.5 Å². The van der Waals surface area contributed by atoms with Crippen LogP contribution in [0, 0.1) is 5.92 Å². The molecule has 0 unspecified atom stereocenters. The molecule has 11 heteroatoms. The summed E-state index contributed by atoms with van der Waals surface area (Å²) in [5.74, 6) is 0.574. The number of hydrogen-bond acceptors (Lipinski definition) is 7. The van der Waals surface area contributed by atoms with E-state index in [1.54, 1.807) is 12.3 Å². The Morgan fingerprint density at radius 3 is 2.74 bits per heavy atom. The van der Waals surface area contributed by atoms with E-state index in [1.807, 2.05) is 22.7 Å². The molecule has 9 nitrogen and oxygen atoms in total. The van der Waals surface area contributed by atoms with Crippen LogP contribution in [0.2, 0.25) is 0 Å². The largest absolute Gasteiger partial charge is 0.496 e. The van der Waals surface area contributed by atoms with Crippen LogP contribution in [0.15, 0.2) is 36.7 Å². The minimum absolute atomic E-state index is 0.0471. The molecule has 2 saturated heterocycles.